The SMILES string of the molecule is CCC(CC)C[C@H](O)[C@@H](/C=C/C(OC)(OC)C(=O)OC(C)C)NC(C)=O. The van der Waals surface area contributed by atoms with Gasteiger partial charge in [-0.05, 0) is 32.3 Å². The smallest absolute Gasteiger partial charge is 0.371 e. The zero-order valence-corrected chi connectivity index (χ0v) is 17.1. The Balaban J connectivity index is 5.47. The summed E-state index contributed by atoms with van der Waals surface area (Å²) in [5.74, 6) is -2.39. The first-order valence-corrected chi connectivity index (χ1v) is 9.11. The lowest BCUT2D eigenvalue weighted by atomic mass is 9.92. The van der Waals surface area contributed by atoms with E-state index in [1.807, 2.05) is 0 Å². The van der Waals surface area contributed by atoms with Crippen molar-refractivity contribution in [3.8, 4) is 0 Å². The standard InChI is InChI=1S/C19H35NO6/c1-8-15(9-2)12-17(22)16(20-14(5)21)10-11-19(24-6,25-7)18(23)26-13(3)4/h10-11,13,15-17,22H,8-9,12H2,1-7H3,(H,20,21)/b11-10+/t16-,17+/m1/s1. The lowest BCUT2D eigenvalue weighted by Gasteiger charge is -2.28. The first-order valence-electron chi connectivity index (χ1n) is 9.11. The Labute approximate surface area is 157 Å². The maximum Gasteiger partial charge on any atom is 0.371 e. The highest BCUT2D eigenvalue weighted by molar-refractivity contribution is 5.80. The van der Waals surface area contributed by atoms with Crippen molar-refractivity contribution in [1.29, 1.82) is 0 Å². The fraction of sp³-hybridized carbons (Fsp3) is 0.789. The summed E-state index contributed by atoms with van der Waals surface area (Å²) in [6.07, 6.45) is 4.15. The number of ether oxygens (including phenoxy) is 3. The summed E-state index contributed by atoms with van der Waals surface area (Å²) >= 11 is 0. The van der Waals surface area contributed by atoms with Crippen LogP contribution in [0.4, 0.5) is 0 Å². The molecule has 0 bridgehead atoms. The molecule has 152 valence electrons. The third-order valence-corrected chi connectivity index (χ3v) is 4.27. The van der Waals surface area contributed by atoms with Gasteiger partial charge in [-0.1, -0.05) is 32.8 Å². The molecule has 0 spiro atoms. The number of aliphatic hydroxyl groups is 1. The molecule has 0 rings (SSSR count). The van der Waals surface area contributed by atoms with Crippen LogP contribution in [-0.4, -0.2) is 55.2 Å². The number of methoxy groups -OCH3 is 2. The molecule has 0 fully saturated rings. The molecule has 0 unspecified atom stereocenters. The van der Waals surface area contributed by atoms with Crippen LogP contribution in [0.25, 0.3) is 0 Å². The highest BCUT2D eigenvalue weighted by Gasteiger charge is 2.39. The van der Waals surface area contributed by atoms with Gasteiger partial charge in [-0.2, -0.15) is 0 Å². The number of aliphatic hydroxyl groups excluding tert-OH is 1. The van der Waals surface area contributed by atoms with E-state index in [-0.39, 0.29) is 12.0 Å². The molecule has 0 radical (unpaired) electrons. The molecule has 0 saturated carbocycles. The van der Waals surface area contributed by atoms with Gasteiger partial charge in [-0.3, -0.25) is 4.79 Å². The molecule has 0 aromatic rings. The third kappa shape index (κ3) is 7.85. The second-order valence-electron chi connectivity index (χ2n) is 6.60. The van der Waals surface area contributed by atoms with Crippen LogP contribution in [0.1, 0.15) is 53.9 Å². The number of carbonyl (C=O) groups is 2. The van der Waals surface area contributed by atoms with Gasteiger partial charge in [0.25, 0.3) is 5.79 Å². The number of hydrogen-bond donors (Lipinski definition) is 2. The van der Waals surface area contributed by atoms with Gasteiger partial charge < -0.3 is 24.6 Å². The van der Waals surface area contributed by atoms with E-state index >= 15 is 0 Å². The van der Waals surface area contributed by atoms with Gasteiger partial charge in [0.2, 0.25) is 5.91 Å². The largest absolute Gasteiger partial charge is 0.459 e. The summed E-state index contributed by atoms with van der Waals surface area (Å²) in [6.45, 7) is 8.94. The van der Waals surface area contributed by atoms with E-state index in [0.29, 0.717) is 12.3 Å². The van der Waals surface area contributed by atoms with E-state index in [9.17, 15) is 14.7 Å². The molecule has 0 aliphatic carbocycles. The molecule has 0 aliphatic rings. The van der Waals surface area contributed by atoms with Gasteiger partial charge in [-0.25, -0.2) is 4.79 Å². The summed E-state index contributed by atoms with van der Waals surface area (Å²) in [6, 6.07) is -0.676. The maximum absolute atomic E-state index is 12.3. The molecule has 0 saturated heterocycles. The van der Waals surface area contributed by atoms with Gasteiger partial charge in [0.1, 0.15) is 0 Å². The van der Waals surface area contributed by atoms with Gasteiger partial charge in [0.15, 0.2) is 0 Å². The Hall–Kier alpha value is -1.44. The van der Waals surface area contributed by atoms with Crippen molar-refractivity contribution in [2.45, 2.75) is 77.9 Å². The van der Waals surface area contributed by atoms with Crippen molar-refractivity contribution in [3.05, 3.63) is 12.2 Å². The third-order valence-electron chi connectivity index (χ3n) is 4.27. The monoisotopic (exact) mass is 373 g/mol. The van der Waals surface area contributed by atoms with Crippen molar-refractivity contribution in [1.82, 2.24) is 5.32 Å². The van der Waals surface area contributed by atoms with E-state index in [2.05, 4.69) is 19.2 Å². The van der Waals surface area contributed by atoms with Gasteiger partial charge >= 0.3 is 5.97 Å². The quantitative estimate of drug-likeness (QED) is 0.309. The fourth-order valence-electron chi connectivity index (χ4n) is 2.60. The molecular formula is C19H35NO6. The van der Waals surface area contributed by atoms with Gasteiger partial charge in [0, 0.05) is 21.1 Å². The molecular weight excluding hydrogens is 338 g/mol. The van der Waals surface area contributed by atoms with Crippen molar-refractivity contribution in [2.24, 2.45) is 5.92 Å². The Morgan fingerprint density at radius 2 is 1.69 bits per heavy atom. The van der Waals surface area contributed by atoms with Crippen molar-refractivity contribution < 1.29 is 28.9 Å². The average molecular weight is 373 g/mol. The number of hydrogen-bond acceptors (Lipinski definition) is 6. The Morgan fingerprint density at radius 1 is 1.15 bits per heavy atom. The average Bonchev–Trinajstić information content (AvgIpc) is 2.58. The van der Waals surface area contributed by atoms with E-state index in [4.69, 9.17) is 14.2 Å². The predicted molar refractivity (Wildman–Crippen MR) is 99.4 cm³/mol. The Morgan fingerprint density at radius 3 is 2.08 bits per heavy atom. The Kier molecular flexibility index (Phi) is 11.4. The molecule has 0 aliphatic heterocycles. The van der Waals surface area contributed by atoms with Crippen LogP contribution in [-0.2, 0) is 23.8 Å². The number of rotatable bonds is 12. The van der Waals surface area contributed by atoms with Crippen LogP contribution >= 0.6 is 0 Å². The van der Waals surface area contributed by atoms with E-state index in [1.54, 1.807) is 13.8 Å². The molecule has 0 heterocycles. The molecule has 26 heavy (non-hydrogen) atoms. The highest BCUT2D eigenvalue weighted by Crippen LogP contribution is 2.20. The number of carbonyl (C=O) groups excluding carboxylic acids is 2. The van der Waals surface area contributed by atoms with Crippen LogP contribution in [0.3, 0.4) is 0 Å². The fourth-order valence-corrected chi connectivity index (χ4v) is 2.60. The zero-order chi connectivity index (χ0) is 20.3. The topological polar surface area (TPSA) is 94.1 Å². The zero-order valence-electron chi connectivity index (χ0n) is 17.1. The first-order chi connectivity index (χ1) is 12.1. The van der Waals surface area contributed by atoms with Gasteiger partial charge in [-0.15, -0.1) is 0 Å². The minimum absolute atomic E-state index is 0.284. The van der Waals surface area contributed by atoms with E-state index in [0.717, 1.165) is 12.8 Å². The molecule has 1 amide bonds. The van der Waals surface area contributed by atoms with E-state index in [1.165, 1.54) is 33.3 Å². The lowest BCUT2D eigenvalue weighted by molar-refractivity contribution is -0.214. The van der Waals surface area contributed by atoms with Crippen LogP contribution in [0.15, 0.2) is 12.2 Å². The minimum atomic E-state index is -1.74. The van der Waals surface area contributed by atoms with Crippen molar-refractivity contribution in [2.75, 3.05) is 14.2 Å². The Bertz CT molecular complexity index is 455. The molecule has 7 nitrogen and oxygen atoms in total. The molecule has 2 N–H and O–H groups in total. The van der Waals surface area contributed by atoms with Crippen LogP contribution < -0.4 is 5.32 Å². The second-order valence-corrected chi connectivity index (χ2v) is 6.60. The molecule has 0 aromatic carbocycles. The van der Waals surface area contributed by atoms with Crippen LogP contribution in [0.2, 0.25) is 0 Å². The second kappa shape index (κ2) is 12.0. The summed E-state index contributed by atoms with van der Waals surface area (Å²) in [4.78, 5) is 23.9. The maximum atomic E-state index is 12.3. The summed E-state index contributed by atoms with van der Waals surface area (Å²) in [7, 11) is 2.65. The number of amides is 1. The number of nitrogens with one attached hydrogen (secondary N) is 1. The number of esters is 1. The highest BCUT2D eigenvalue weighted by atomic mass is 16.7. The molecule has 7 heteroatoms. The predicted octanol–water partition coefficient (Wildman–Crippen LogP) is 2.18. The van der Waals surface area contributed by atoms with E-state index < -0.39 is 23.9 Å². The van der Waals surface area contributed by atoms with Crippen molar-refractivity contribution in [3.63, 3.8) is 0 Å². The lowest BCUT2D eigenvalue weighted by Crippen LogP contribution is -2.45. The summed E-state index contributed by atoms with van der Waals surface area (Å²) < 4.78 is 15.6. The summed E-state index contributed by atoms with van der Waals surface area (Å²) in [5.41, 5.74) is 0. The van der Waals surface area contributed by atoms with Gasteiger partial charge in [0.05, 0.1) is 18.2 Å². The van der Waals surface area contributed by atoms with Crippen LogP contribution in [0, 0.1) is 5.92 Å². The molecule has 0 aromatic heterocycles. The minimum Gasteiger partial charge on any atom is -0.459 e. The molecule has 2 atom stereocenters. The normalized spacial score (nSPS) is 14.7. The van der Waals surface area contributed by atoms with Crippen LogP contribution in [0.5, 0.6) is 0 Å². The van der Waals surface area contributed by atoms with Crippen molar-refractivity contribution >= 4 is 11.9 Å². The first kappa shape index (κ1) is 24.6. The summed E-state index contributed by atoms with van der Waals surface area (Å²) in [5, 5.41) is 13.2.